The maximum absolute atomic E-state index is 10.9. The van der Waals surface area contributed by atoms with E-state index < -0.39 is 0 Å². The van der Waals surface area contributed by atoms with Crippen LogP contribution in [-0.2, 0) is 6.54 Å². The second kappa shape index (κ2) is 3.67. The van der Waals surface area contributed by atoms with Crippen molar-refractivity contribution in [1.82, 2.24) is 0 Å². The van der Waals surface area contributed by atoms with Gasteiger partial charge in [-0.15, -0.1) is 0 Å². The molecule has 2 aromatic rings. The van der Waals surface area contributed by atoms with Crippen molar-refractivity contribution in [2.45, 2.75) is 6.54 Å². The third-order valence-corrected chi connectivity index (χ3v) is 2.39. The average molecular weight is 202 g/mol. The van der Waals surface area contributed by atoms with Crippen molar-refractivity contribution in [3.63, 3.8) is 0 Å². The van der Waals surface area contributed by atoms with Gasteiger partial charge in [-0.1, -0.05) is 30.3 Å². The Balaban J connectivity index is 2.85. The highest BCUT2D eigenvalue weighted by atomic mass is 16.6. The lowest BCUT2D eigenvalue weighted by atomic mass is 10.0. The van der Waals surface area contributed by atoms with Crippen molar-refractivity contribution >= 4 is 16.5 Å². The van der Waals surface area contributed by atoms with E-state index in [0.717, 1.165) is 5.39 Å². The topological polar surface area (TPSA) is 69.2 Å². The van der Waals surface area contributed by atoms with Crippen molar-refractivity contribution in [3.8, 4) is 0 Å². The van der Waals surface area contributed by atoms with Crippen molar-refractivity contribution in [2.24, 2.45) is 5.73 Å². The molecule has 76 valence electrons. The third-order valence-electron chi connectivity index (χ3n) is 2.39. The second-order valence-electron chi connectivity index (χ2n) is 3.26. The number of hydrogen-bond donors (Lipinski definition) is 1. The Hall–Kier alpha value is -1.94. The van der Waals surface area contributed by atoms with Crippen molar-refractivity contribution < 1.29 is 4.92 Å². The summed E-state index contributed by atoms with van der Waals surface area (Å²) in [6.07, 6.45) is 0. The minimum atomic E-state index is -0.371. The van der Waals surface area contributed by atoms with Crippen LogP contribution < -0.4 is 5.73 Å². The van der Waals surface area contributed by atoms with Crippen LogP contribution >= 0.6 is 0 Å². The Morgan fingerprint density at radius 3 is 2.60 bits per heavy atom. The molecule has 0 spiro atoms. The molecule has 0 saturated carbocycles. The average Bonchev–Trinajstić information content (AvgIpc) is 2.27. The first-order valence-corrected chi connectivity index (χ1v) is 4.59. The summed E-state index contributed by atoms with van der Waals surface area (Å²) >= 11 is 0. The molecule has 0 fully saturated rings. The fourth-order valence-electron chi connectivity index (χ4n) is 1.68. The van der Waals surface area contributed by atoms with E-state index in [1.54, 1.807) is 18.2 Å². The zero-order chi connectivity index (χ0) is 10.8. The van der Waals surface area contributed by atoms with Crippen LogP contribution in [0.1, 0.15) is 5.56 Å². The van der Waals surface area contributed by atoms with Crippen LogP contribution in [0.15, 0.2) is 36.4 Å². The predicted octanol–water partition coefficient (Wildman–Crippen LogP) is 2.21. The Morgan fingerprint density at radius 2 is 1.93 bits per heavy atom. The molecule has 0 atom stereocenters. The van der Waals surface area contributed by atoms with Gasteiger partial charge in [-0.3, -0.25) is 10.1 Å². The molecule has 0 saturated heterocycles. The van der Waals surface area contributed by atoms with Crippen LogP contribution in [-0.4, -0.2) is 4.92 Å². The molecule has 0 amide bonds. The van der Waals surface area contributed by atoms with Gasteiger partial charge in [-0.05, 0) is 11.5 Å². The third kappa shape index (κ3) is 1.55. The van der Waals surface area contributed by atoms with Gasteiger partial charge in [0.2, 0.25) is 0 Å². The van der Waals surface area contributed by atoms with Crippen LogP contribution in [0.25, 0.3) is 10.8 Å². The van der Waals surface area contributed by atoms with Crippen LogP contribution in [0.3, 0.4) is 0 Å². The molecule has 0 unspecified atom stereocenters. The SMILES string of the molecule is NCc1ccc2ccccc2c1[N+](=O)[O-]. The highest BCUT2D eigenvalue weighted by Crippen LogP contribution is 2.28. The fourth-order valence-corrected chi connectivity index (χ4v) is 1.68. The summed E-state index contributed by atoms with van der Waals surface area (Å²) in [5.41, 5.74) is 6.16. The summed E-state index contributed by atoms with van der Waals surface area (Å²) in [5.74, 6) is 0. The lowest BCUT2D eigenvalue weighted by molar-refractivity contribution is -0.383. The number of nitrogens with zero attached hydrogens (tertiary/aromatic N) is 1. The summed E-state index contributed by atoms with van der Waals surface area (Å²) in [7, 11) is 0. The van der Waals surface area contributed by atoms with Crippen molar-refractivity contribution in [3.05, 3.63) is 52.1 Å². The van der Waals surface area contributed by atoms with Crippen LogP contribution in [0, 0.1) is 10.1 Å². The number of rotatable bonds is 2. The largest absolute Gasteiger partial charge is 0.326 e. The van der Waals surface area contributed by atoms with E-state index in [9.17, 15) is 10.1 Å². The van der Waals surface area contributed by atoms with Crippen LogP contribution in [0.4, 0.5) is 5.69 Å². The highest BCUT2D eigenvalue weighted by Gasteiger charge is 2.16. The quantitative estimate of drug-likeness (QED) is 0.599. The van der Waals surface area contributed by atoms with E-state index in [-0.39, 0.29) is 17.2 Å². The highest BCUT2D eigenvalue weighted by molar-refractivity contribution is 5.92. The molecule has 4 heteroatoms. The van der Waals surface area contributed by atoms with E-state index in [2.05, 4.69) is 0 Å². The van der Waals surface area contributed by atoms with Crippen molar-refractivity contribution in [2.75, 3.05) is 0 Å². The van der Waals surface area contributed by atoms with Gasteiger partial charge >= 0.3 is 0 Å². The number of hydrogen-bond acceptors (Lipinski definition) is 3. The van der Waals surface area contributed by atoms with E-state index in [4.69, 9.17) is 5.73 Å². The van der Waals surface area contributed by atoms with E-state index in [0.29, 0.717) is 10.9 Å². The molecule has 0 radical (unpaired) electrons. The van der Waals surface area contributed by atoms with E-state index in [1.165, 1.54) is 0 Å². The molecule has 0 aromatic heterocycles. The molecule has 4 nitrogen and oxygen atoms in total. The standard InChI is InChI=1S/C11H10N2O2/c12-7-9-6-5-8-3-1-2-4-10(8)11(9)13(14)15/h1-6H,7,12H2. The molecule has 0 aliphatic rings. The Kier molecular flexibility index (Phi) is 2.35. The summed E-state index contributed by atoms with van der Waals surface area (Å²) in [6, 6.07) is 10.8. The monoisotopic (exact) mass is 202 g/mol. The first-order valence-electron chi connectivity index (χ1n) is 4.59. The van der Waals surface area contributed by atoms with Gasteiger partial charge in [-0.2, -0.15) is 0 Å². The summed E-state index contributed by atoms with van der Waals surface area (Å²) < 4.78 is 0. The first kappa shape index (κ1) is 9.61. The molecule has 0 bridgehead atoms. The summed E-state index contributed by atoms with van der Waals surface area (Å²) in [4.78, 5) is 10.6. The first-order chi connectivity index (χ1) is 7.24. The lowest BCUT2D eigenvalue weighted by Crippen LogP contribution is -2.02. The number of benzene rings is 2. The van der Waals surface area contributed by atoms with Crippen LogP contribution in [0.2, 0.25) is 0 Å². The van der Waals surface area contributed by atoms with Gasteiger partial charge < -0.3 is 5.73 Å². The van der Waals surface area contributed by atoms with Gasteiger partial charge in [0.15, 0.2) is 0 Å². The van der Waals surface area contributed by atoms with Gasteiger partial charge in [0.05, 0.1) is 10.3 Å². The molecule has 2 rings (SSSR count). The zero-order valence-electron chi connectivity index (χ0n) is 8.01. The minimum Gasteiger partial charge on any atom is -0.326 e. The summed E-state index contributed by atoms with van der Waals surface area (Å²) in [6.45, 7) is 0.182. The Morgan fingerprint density at radius 1 is 1.20 bits per heavy atom. The molecule has 2 N–H and O–H groups in total. The molecular weight excluding hydrogens is 192 g/mol. The number of nitrogens with two attached hydrogens (primary N) is 1. The molecule has 0 heterocycles. The number of fused-ring (bicyclic) bond motifs is 1. The summed E-state index contributed by atoms with van der Waals surface area (Å²) in [5, 5.41) is 12.5. The molecule has 15 heavy (non-hydrogen) atoms. The Labute approximate surface area is 86.5 Å². The van der Waals surface area contributed by atoms with Gasteiger partial charge in [-0.25, -0.2) is 0 Å². The number of nitro groups is 1. The lowest BCUT2D eigenvalue weighted by Gasteiger charge is -2.03. The van der Waals surface area contributed by atoms with E-state index >= 15 is 0 Å². The predicted molar refractivity (Wildman–Crippen MR) is 58.5 cm³/mol. The normalized spacial score (nSPS) is 10.5. The molecule has 0 aliphatic heterocycles. The van der Waals surface area contributed by atoms with Gasteiger partial charge in [0, 0.05) is 12.1 Å². The molecule has 2 aromatic carbocycles. The van der Waals surface area contributed by atoms with Gasteiger partial charge in [0.1, 0.15) is 0 Å². The van der Waals surface area contributed by atoms with Crippen LogP contribution in [0.5, 0.6) is 0 Å². The number of nitro benzene ring substituents is 1. The zero-order valence-corrected chi connectivity index (χ0v) is 8.01. The van der Waals surface area contributed by atoms with Crippen molar-refractivity contribution in [1.29, 1.82) is 0 Å². The smallest absolute Gasteiger partial charge is 0.281 e. The fraction of sp³-hybridized carbons (Fsp3) is 0.0909. The molecular formula is C11H10N2O2. The Bertz CT molecular complexity index is 523. The maximum atomic E-state index is 10.9. The maximum Gasteiger partial charge on any atom is 0.281 e. The van der Waals surface area contributed by atoms with Gasteiger partial charge in [0.25, 0.3) is 5.69 Å². The molecule has 0 aliphatic carbocycles. The van der Waals surface area contributed by atoms with E-state index in [1.807, 2.05) is 18.2 Å². The minimum absolute atomic E-state index is 0.121. The second-order valence-corrected chi connectivity index (χ2v) is 3.26.